The summed E-state index contributed by atoms with van der Waals surface area (Å²) in [7, 11) is 1.69. The number of hydrogen-bond acceptors (Lipinski definition) is 7. The summed E-state index contributed by atoms with van der Waals surface area (Å²) < 4.78 is 11.7. The minimum absolute atomic E-state index is 0. The highest BCUT2D eigenvalue weighted by atomic mass is 35.5. The van der Waals surface area contributed by atoms with Gasteiger partial charge in [0.2, 0.25) is 0 Å². The maximum Gasteiger partial charge on any atom is 0.177 e. The number of methoxy groups -OCH3 is 1. The van der Waals surface area contributed by atoms with E-state index in [1.807, 2.05) is 0 Å². The summed E-state index contributed by atoms with van der Waals surface area (Å²) in [6.45, 7) is 6.84. The van der Waals surface area contributed by atoms with Gasteiger partial charge in [0.25, 0.3) is 0 Å². The van der Waals surface area contributed by atoms with Crippen LogP contribution in [-0.4, -0.2) is 58.4 Å². The van der Waals surface area contributed by atoms with Crippen molar-refractivity contribution in [2.75, 3.05) is 26.8 Å². The van der Waals surface area contributed by atoms with Crippen LogP contribution in [0.1, 0.15) is 52.0 Å². The molecule has 0 unspecified atom stereocenters. The predicted molar refractivity (Wildman–Crippen MR) is 133 cm³/mol. The molecule has 2 aliphatic rings. The van der Waals surface area contributed by atoms with Crippen molar-refractivity contribution in [2.24, 2.45) is 5.73 Å². The molecule has 1 fully saturated rings. The first-order valence-electron chi connectivity index (χ1n) is 11.7. The highest BCUT2D eigenvalue weighted by Crippen LogP contribution is 2.44. The molecule has 182 valence electrons. The summed E-state index contributed by atoms with van der Waals surface area (Å²) in [6, 6.07) is 11.5. The number of hydrogen-bond donors (Lipinski definition) is 2. The number of benzene rings is 2. The van der Waals surface area contributed by atoms with Crippen LogP contribution < -0.4 is 15.2 Å². The van der Waals surface area contributed by atoms with Gasteiger partial charge in [-0.2, -0.15) is 5.21 Å². The minimum Gasteiger partial charge on any atom is -0.493 e. The second kappa shape index (κ2) is 10.3. The number of aromatic nitrogens is 4. The van der Waals surface area contributed by atoms with Crippen molar-refractivity contribution in [1.29, 1.82) is 0 Å². The summed E-state index contributed by atoms with van der Waals surface area (Å²) in [6.07, 6.45) is 2.51. The Morgan fingerprint density at radius 1 is 1.15 bits per heavy atom. The van der Waals surface area contributed by atoms with Crippen LogP contribution in [0.3, 0.4) is 0 Å². The van der Waals surface area contributed by atoms with Gasteiger partial charge in [0, 0.05) is 37.5 Å². The molecule has 3 aromatic rings. The summed E-state index contributed by atoms with van der Waals surface area (Å²) in [4.78, 5) is 2.61. The number of halogens is 1. The summed E-state index contributed by atoms with van der Waals surface area (Å²) in [5.41, 5.74) is 13.5. The number of aromatic amines is 1. The molecule has 1 saturated heterocycles. The van der Waals surface area contributed by atoms with Crippen LogP contribution in [0.15, 0.2) is 30.3 Å². The summed E-state index contributed by atoms with van der Waals surface area (Å²) in [5, 5.41) is 14.0. The zero-order valence-electron chi connectivity index (χ0n) is 20.0. The normalized spacial score (nSPS) is 21.8. The smallest absolute Gasteiger partial charge is 0.177 e. The first-order valence-corrected chi connectivity index (χ1v) is 11.7. The molecular formula is C25H33ClN6O2. The van der Waals surface area contributed by atoms with Crippen molar-refractivity contribution in [3.05, 3.63) is 64.0 Å². The molecule has 0 spiro atoms. The van der Waals surface area contributed by atoms with E-state index in [1.54, 1.807) is 7.11 Å². The standard InChI is InChI=1S/C25H32N6O2.ClH/c1-15-4-5-16(2)18(10-15)20-14-31-8-6-17-11-24(33-9-7-25-27-29-30-28-25)23(32-3)12-19(17)22(31)13-21(20)26;/h4-5,10-12,20-22H,6-9,13-14,26H2,1-3H3,(H,27,28,29,30);1H/t20-,21-,22+;/m0./s1. The molecule has 3 atom stereocenters. The van der Waals surface area contributed by atoms with E-state index in [0.717, 1.165) is 37.4 Å². The van der Waals surface area contributed by atoms with E-state index in [-0.39, 0.29) is 18.4 Å². The van der Waals surface area contributed by atoms with Crippen molar-refractivity contribution in [1.82, 2.24) is 25.5 Å². The zero-order chi connectivity index (χ0) is 22.9. The Bertz CT molecular complexity index is 1120. The van der Waals surface area contributed by atoms with Gasteiger partial charge in [-0.25, -0.2) is 0 Å². The van der Waals surface area contributed by atoms with Crippen LogP contribution in [0.2, 0.25) is 0 Å². The van der Waals surface area contributed by atoms with Gasteiger partial charge in [-0.15, -0.1) is 22.6 Å². The molecule has 2 aliphatic heterocycles. The van der Waals surface area contributed by atoms with Crippen LogP contribution in [0.4, 0.5) is 0 Å². The molecule has 34 heavy (non-hydrogen) atoms. The largest absolute Gasteiger partial charge is 0.493 e. The molecule has 1 aromatic heterocycles. The van der Waals surface area contributed by atoms with E-state index in [9.17, 15) is 0 Å². The fraction of sp³-hybridized carbons (Fsp3) is 0.480. The van der Waals surface area contributed by atoms with Crippen LogP contribution in [0, 0.1) is 13.8 Å². The van der Waals surface area contributed by atoms with Crippen LogP contribution >= 0.6 is 12.4 Å². The number of nitrogens with zero attached hydrogens (tertiary/aromatic N) is 4. The fourth-order valence-electron chi connectivity index (χ4n) is 5.37. The van der Waals surface area contributed by atoms with Gasteiger partial charge in [0.15, 0.2) is 17.3 Å². The van der Waals surface area contributed by atoms with Crippen LogP contribution in [-0.2, 0) is 12.8 Å². The van der Waals surface area contributed by atoms with Gasteiger partial charge >= 0.3 is 0 Å². The molecule has 3 N–H and O–H groups in total. The molecule has 0 saturated carbocycles. The predicted octanol–water partition coefficient (Wildman–Crippen LogP) is 3.28. The van der Waals surface area contributed by atoms with Crippen molar-refractivity contribution in [3.63, 3.8) is 0 Å². The van der Waals surface area contributed by atoms with Crippen molar-refractivity contribution in [2.45, 2.75) is 51.1 Å². The lowest BCUT2D eigenvalue weighted by molar-refractivity contribution is 0.109. The van der Waals surface area contributed by atoms with Gasteiger partial charge in [-0.05, 0) is 61.1 Å². The number of tetrazole rings is 1. The van der Waals surface area contributed by atoms with E-state index in [2.05, 4.69) is 69.7 Å². The van der Waals surface area contributed by atoms with Gasteiger partial charge in [-0.1, -0.05) is 29.0 Å². The SMILES string of the molecule is COc1cc2c(cc1OCCc1nn[nH]n1)CCN1C[C@@H](c3cc(C)ccc3C)[C@@H](N)C[C@H]21.Cl. The quantitative estimate of drug-likeness (QED) is 0.553. The molecule has 2 aromatic carbocycles. The highest BCUT2D eigenvalue weighted by molar-refractivity contribution is 5.85. The minimum atomic E-state index is 0. The Morgan fingerprint density at radius 3 is 2.76 bits per heavy atom. The molecule has 0 amide bonds. The van der Waals surface area contributed by atoms with Crippen molar-refractivity contribution in [3.8, 4) is 11.5 Å². The lowest BCUT2D eigenvalue weighted by Crippen LogP contribution is -2.49. The van der Waals surface area contributed by atoms with Crippen LogP contribution in [0.25, 0.3) is 0 Å². The number of piperidine rings is 1. The van der Waals surface area contributed by atoms with E-state index < -0.39 is 0 Å². The number of H-pyrrole nitrogens is 1. The number of nitrogens with two attached hydrogens (primary N) is 1. The number of fused-ring (bicyclic) bond motifs is 3. The molecule has 0 radical (unpaired) electrons. The third-order valence-electron chi connectivity index (χ3n) is 7.14. The molecule has 0 aliphatic carbocycles. The second-order valence-corrected chi connectivity index (χ2v) is 9.26. The lowest BCUT2D eigenvalue weighted by Gasteiger charge is -2.46. The topological polar surface area (TPSA) is 102 Å². The first-order chi connectivity index (χ1) is 16.0. The third-order valence-corrected chi connectivity index (χ3v) is 7.14. The van der Waals surface area contributed by atoms with E-state index in [4.69, 9.17) is 15.2 Å². The number of nitrogens with one attached hydrogen (secondary N) is 1. The van der Waals surface area contributed by atoms with Crippen molar-refractivity contribution < 1.29 is 9.47 Å². The first kappa shape index (κ1) is 24.4. The van der Waals surface area contributed by atoms with Gasteiger partial charge < -0.3 is 15.2 Å². The second-order valence-electron chi connectivity index (χ2n) is 9.26. The monoisotopic (exact) mass is 484 g/mol. The highest BCUT2D eigenvalue weighted by Gasteiger charge is 2.39. The molecule has 0 bridgehead atoms. The summed E-state index contributed by atoms with van der Waals surface area (Å²) in [5.74, 6) is 2.52. The molecular weight excluding hydrogens is 452 g/mol. The molecule has 8 nitrogen and oxygen atoms in total. The Kier molecular flexibility index (Phi) is 7.40. The van der Waals surface area contributed by atoms with Crippen LogP contribution in [0.5, 0.6) is 11.5 Å². The van der Waals surface area contributed by atoms with Gasteiger partial charge in [0.05, 0.1) is 13.7 Å². The van der Waals surface area contributed by atoms with E-state index in [1.165, 1.54) is 27.8 Å². The summed E-state index contributed by atoms with van der Waals surface area (Å²) >= 11 is 0. The van der Waals surface area contributed by atoms with Crippen molar-refractivity contribution >= 4 is 12.4 Å². The van der Waals surface area contributed by atoms with Gasteiger partial charge in [0.1, 0.15) is 0 Å². The molecule has 3 heterocycles. The molecule has 9 heteroatoms. The number of ether oxygens (including phenoxy) is 2. The fourth-order valence-corrected chi connectivity index (χ4v) is 5.37. The third kappa shape index (κ3) is 4.76. The maximum atomic E-state index is 6.80. The number of aryl methyl sites for hydroxylation is 2. The zero-order valence-corrected chi connectivity index (χ0v) is 20.8. The molecule has 5 rings (SSSR count). The van der Waals surface area contributed by atoms with Gasteiger partial charge in [-0.3, -0.25) is 4.90 Å². The average Bonchev–Trinajstić information content (AvgIpc) is 3.33. The lowest BCUT2D eigenvalue weighted by atomic mass is 9.77. The maximum absolute atomic E-state index is 6.80. The van der Waals surface area contributed by atoms with E-state index >= 15 is 0 Å². The van der Waals surface area contributed by atoms with E-state index in [0.29, 0.717) is 30.8 Å². The number of rotatable bonds is 6. The Hall–Kier alpha value is -2.68. The Labute approximate surface area is 206 Å². The Balaban J connectivity index is 0.00000274. The average molecular weight is 485 g/mol. The Morgan fingerprint density at radius 2 is 2.00 bits per heavy atom.